The van der Waals surface area contributed by atoms with E-state index in [0.717, 1.165) is 6.54 Å². The van der Waals surface area contributed by atoms with Crippen LogP contribution in [0.25, 0.3) is 0 Å². The molecule has 0 spiro atoms. The van der Waals surface area contributed by atoms with Gasteiger partial charge in [-0.2, -0.15) is 0 Å². The molecule has 0 radical (unpaired) electrons. The third kappa shape index (κ3) is 3.68. The van der Waals surface area contributed by atoms with Crippen molar-refractivity contribution < 1.29 is 0 Å². The van der Waals surface area contributed by atoms with Crippen LogP contribution in [-0.2, 0) is 6.54 Å². The van der Waals surface area contributed by atoms with Gasteiger partial charge in [-0.1, -0.05) is 38.8 Å². The maximum absolute atomic E-state index is 3.75. The maximum atomic E-state index is 3.75. The summed E-state index contributed by atoms with van der Waals surface area (Å²) in [4.78, 5) is 0. The molecule has 1 saturated carbocycles. The van der Waals surface area contributed by atoms with E-state index in [4.69, 9.17) is 0 Å². The minimum absolute atomic E-state index is 0.460. The lowest BCUT2D eigenvalue weighted by molar-refractivity contribution is 0.167. The van der Waals surface area contributed by atoms with E-state index in [1.807, 2.05) is 0 Å². The minimum atomic E-state index is 0.460. The summed E-state index contributed by atoms with van der Waals surface area (Å²) in [7, 11) is 0. The Balaban J connectivity index is 1.91. The fourth-order valence-electron chi connectivity index (χ4n) is 2.72. The molecule has 0 bridgehead atoms. The SMILES string of the molecule is CC1(C)CCCCC1NCc1ccc(I)cc1. The summed E-state index contributed by atoms with van der Waals surface area (Å²) < 4.78 is 1.31. The molecule has 2 rings (SSSR count). The van der Waals surface area contributed by atoms with Crippen molar-refractivity contribution in [1.29, 1.82) is 0 Å². The lowest BCUT2D eigenvalue weighted by Gasteiger charge is -2.39. The van der Waals surface area contributed by atoms with Crippen molar-refractivity contribution in [1.82, 2.24) is 5.32 Å². The summed E-state index contributed by atoms with van der Waals surface area (Å²) in [6.07, 6.45) is 5.47. The summed E-state index contributed by atoms with van der Waals surface area (Å²) in [6, 6.07) is 9.50. The Bertz CT molecular complexity index is 356. The number of hydrogen-bond acceptors (Lipinski definition) is 1. The first-order valence-corrected chi connectivity index (χ1v) is 7.64. The molecule has 0 saturated heterocycles. The molecule has 0 heterocycles. The number of hydrogen-bond donors (Lipinski definition) is 1. The lowest BCUT2D eigenvalue weighted by atomic mass is 9.73. The van der Waals surface area contributed by atoms with Crippen molar-refractivity contribution in [2.45, 2.75) is 52.1 Å². The van der Waals surface area contributed by atoms with Gasteiger partial charge in [0.2, 0.25) is 0 Å². The standard InChI is InChI=1S/C15H22IN/c1-15(2)10-4-3-5-14(15)17-11-12-6-8-13(16)9-7-12/h6-9,14,17H,3-5,10-11H2,1-2H3. The van der Waals surface area contributed by atoms with Gasteiger partial charge in [0.25, 0.3) is 0 Å². The second-order valence-corrected chi connectivity index (χ2v) is 7.04. The number of benzene rings is 1. The Kier molecular flexibility index (Phi) is 4.47. The molecule has 94 valence electrons. The van der Waals surface area contributed by atoms with Gasteiger partial charge in [0, 0.05) is 16.2 Å². The van der Waals surface area contributed by atoms with E-state index >= 15 is 0 Å². The molecule has 17 heavy (non-hydrogen) atoms. The average Bonchev–Trinajstić information content (AvgIpc) is 2.29. The Morgan fingerprint density at radius 3 is 2.59 bits per heavy atom. The maximum Gasteiger partial charge on any atom is 0.0208 e. The van der Waals surface area contributed by atoms with Crippen LogP contribution in [0.15, 0.2) is 24.3 Å². The van der Waals surface area contributed by atoms with Gasteiger partial charge in [-0.3, -0.25) is 0 Å². The third-order valence-corrected chi connectivity index (χ3v) is 4.69. The summed E-state index contributed by atoms with van der Waals surface area (Å²) in [6.45, 7) is 5.81. The van der Waals surface area contributed by atoms with Crippen LogP contribution in [0, 0.1) is 8.99 Å². The van der Waals surface area contributed by atoms with E-state index in [1.165, 1.54) is 34.8 Å². The van der Waals surface area contributed by atoms with Gasteiger partial charge in [0.15, 0.2) is 0 Å². The van der Waals surface area contributed by atoms with Crippen LogP contribution in [0.4, 0.5) is 0 Å². The van der Waals surface area contributed by atoms with E-state index in [2.05, 4.69) is 66.0 Å². The van der Waals surface area contributed by atoms with Crippen molar-refractivity contribution >= 4 is 22.6 Å². The molecular weight excluding hydrogens is 321 g/mol. The van der Waals surface area contributed by atoms with E-state index in [9.17, 15) is 0 Å². The summed E-state index contributed by atoms with van der Waals surface area (Å²) >= 11 is 2.35. The Morgan fingerprint density at radius 1 is 1.24 bits per heavy atom. The van der Waals surface area contributed by atoms with E-state index < -0.39 is 0 Å². The van der Waals surface area contributed by atoms with E-state index in [1.54, 1.807) is 0 Å². The van der Waals surface area contributed by atoms with Crippen LogP contribution in [0.1, 0.15) is 45.1 Å². The number of halogens is 1. The molecule has 1 aliphatic rings. The first kappa shape index (κ1) is 13.3. The van der Waals surface area contributed by atoms with Gasteiger partial charge in [-0.25, -0.2) is 0 Å². The second kappa shape index (κ2) is 5.70. The van der Waals surface area contributed by atoms with Crippen LogP contribution in [0.2, 0.25) is 0 Å². The van der Waals surface area contributed by atoms with Crippen LogP contribution in [0.5, 0.6) is 0 Å². The van der Waals surface area contributed by atoms with Crippen LogP contribution >= 0.6 is 22.6 Å². The molecule has 0 amide bonds. The van der Waals surface area contributed by atoms with Gasteiger partial charge in [0.1, 0.15) is 0 Å². The Hall–Kier alpha value is -0.0900. The predicted molar refractivity (Wildman–Crippen MR) is 82.0 cm³/mol. The van der Waals surface area contributed by atoms with Crippen molar-refractivity contribution in [3.8, 4) is 0 Å². The molecule has 1 N–H and O–H groups in total. The van der Waals surface area contributed by atoms with Gasteiger partial charge in [-0.15, -0.1) is 0 Å². The fourth-order valence-corrected chi connectivity index (χ4v) is 3.08. The van der Waals surface area contributed by atoms with Crippen LogP contribution < -0.4 is 5.32 Å². The molecule has 2 heteroatoms. The van der Waals surface area contributed by atoms with Crippen LogP contribution in [-0.4, -0.2) is 6.04 Å². The molecule has 0 aromatic heterocycles. The quantitative estimate of drug-likeness (QED) is 0.805. The largest absolute Gasteiger partial charge is 0.309 e. The van der Waals surface area contributed by atoms with Crippen LogP contribution in [0.3, 0.4) is 0 Å². The Morgan fingerprint density at radius 2 is 1.94 bits per heavy atom. The predicted octanol–water partition coefficient (Wildman–Crippen LogP) is 4.35. The van der Waals surface area contributed by atoms with Gasteiger partial charge < -0.3 is 5.32 Å². The van der Waals surface area contributed by atoms with Crippen molar-refractivity contribution in [2.24, 2.45) is 5.41 Å². The second-order valence-electron chi connectivity index (χ2n) is 5.79. The molecule has 1 aromatic carbocycles. The van der Waals surface area contributed by atoms with Crippen molar-refractivity contribution in [3.63, 3.8) is 0 Å². The molecule has 1 aromatic rings. The lowest BCUT2D eigenvalue weighted by Crippen LogP contribution is -2.43. The molecule has 1 atom stereocenters. The van der Waals surface area contributed by atoms with Gasteiger partial charge in [-0.05, 0) is 58.5 Å². The minimum Gasteiger partial charge on any atom is -0.309 e. The molecule has 1 fully saturated rings. The summed E-state index contributed by atoms with van der Waals surface area (Å²) in [5.74, 6) is 0. The number of rotatable bonds is 3. The first-order chi connectivity index (χ1) is 8.08. The highest BCUT2D eigenvalue weighted by molar-refractivity contribution is 14.1. The average molecular weight is 343 g/mol. The summed E-state index contributed by atoms with van der Waals surface area (Å²) in [5.41, 5.74) is 1.85. The zero-order chi connectivity index (χ0) is 12.3. The molecular formula is C15H22IN. The zero-order valence-electron chi connectivity index (χ0n) is 10.8. The van der Waals surface area contributed by atoms with Gasteiger partial charge >= 0.3 is 0 Å². The first-order valence-electron chi connectivity index (χ1n) is 6.56. The Labute approximate surface area is 119 Å². The molecule has 1 aliphatic carbocycles. The highest BCUT2D eigenvalue weighted by atomic mass is 127. The summed E-state index contributed by atoms with van der Waals surface area (Å²) in [5, 5.41) is 3.75. The topological polar surface area (TPSA) is 12.0 Å². The number of nitrogens with one attached hydrogen (secondary N) is 1. The molecule has 0 aliphatic heterocycles. The van der Waals surface area contributed by atoms with Gasteiger partial charge in [0.05, 0.1) is 0 Å². The smallest absolute Gasteiger partial charge is 0.0208 e. The van der Waals surface area contributed by atoms with Crippen molar-refractivity contribution in [2.75, 3.05) is 0 Å². The highest BCUT2D eigenvalue weighted by Crippen LogP contribution is 2.35. The highest BCUT2D eigenvalue weighted by Gasteiger charge is 2.31. The van der Waals surface area contributed by atoms with E-state index in [-0.39, 0.29) is 0 Å². The normalized spacial score (nSPS) is 23.6. The zero-order valence-corrected chi connectivity index (χ0v) is 13.0. The fraction of sp³-hybridized carbons (Fsp3) is 0.600. The van der Waals surface area contributed by atoms with E-state index in [0.29, 0.717) is 11.5 Å². The van der Waals surface area contributed by atoms with Crippen molar-refractivity contribution in [3.05, 3.63) is 33.4 Å². The molecule has 1 unspecified atom stereocenters. The molecule has 1 nitrogen and oxygen atoms in total. The monoisotopic (exact) mass is 343 g/mol. The third-order valence-electron chi connectivity index (χ3n) is 3.97.